The predicted molar refractivity (Wildman–Crippen MR) is 99.8 cm³/mol. The van der Waals surface area contributed by atoms with Crippen molar-refractivity contribution in [1.29, 1.82) is 0 Å². The van der Waals surface area contributed by atoms with Gasteiger partial charge in [-0.2, -0.15) is 11.8 Å². The van der Waals surface area contributed by atoms with Crippen molar-refractivity contribution in [3.63, 3.8) is 0 Å². The summed E-state index contributed by atoms with van der Waals surface area (Å²) in [6.45, 7) is 1.24. The molecule has 2 heterocycles. The molecule has 1 N–H and O–H groups in total. The Labute approximate surface area is 151 Å². The van der Waals surface area contributed by atoms with Gasteiger partial charge in [-0.05, 0) is 30.7 Å². The van der Waals surface area contributed by atoms with Gasteiger partial charge >= 0.3 is 0 Å². The van der Waals surface area contributed by atoms with Crippen molar-refractivity contribution in [2.75, 3.05) is 19.4 Å². The quantitative estimate of drug-likeness (QED) is 0.857. The van der Waals surface area contributed by atoms with E-state index in [1.54, 1.807) is 23.1 Å². The molecule has 128 valence electrons. The van der Waals surface area contributed by atoms with Crippen LogP contribution in [0.25, 0.3) is 0 Å². The van der Waals surface area contributed by atoms with Gasteiger partial charge in [-0.3, -0.25) is 4.79 Å². The number of thioether (sulfide) groups is 1. The Balaban J connectivity index is 1.49. The van der Waals surface area contributed by atoms with E-state index >= 15 is 0 Å². The van der Waals surface area contributed by atoms with Crippen LogP contribution in [0.3, 0.4) is 0 Å². The first-order chi connectivity index (χ1) is 11.8. The maximum Gasteiger partial charge on any atom is 0.223 e. The van der Waals surface area contributed by atoms with Crippen molar-refractivity contribution in [1.82, 2.24) is 10.3 Å². The molecule has 0 fully saturated rings. The van der Waals surface area contributed by atoms with Crippen LogP contribution in [0.4, 0.5) is 0 Å². The molecular formula is C18H22N2O2S2. The molecule has 1 amide bonds. The fourth-order valence-corrected chi connectivity index (χ4v) is 4.38. The number of ether oxygens (including phenoxy) is 1. The highest BCUT2D eigenvalue weighted by molar-refractivity contribution is 7.97. The third-order valence-electron chi connectivity index (χ3n) is 4.08. The number of fused-ring (bicyclic) bond motifs is 1. The summed E-state index contributed by atoms with van der Waals surface area (Å²) in [5, 5.41) is 6.31. The van der Waals surface area contributed by atoms with Crippen LogP contribution in [0, 0.1) is 5.92 Å². The van der Waals surface area contributed by atoms with Crippen LogP contribution in [0.5, 0.6) is 5.75 Å². The number of hydrogen-bond acceptors (Lipinski definition) is 5. The molecule has 24 heavy (non-hydrogen) atoms. The van der Waals surface area contributed by atoms with E-state index in [2.05, 4.69) is 21.9 Å². The van der Waals surface area contributed by atoms with Crippen molar-refractivity contribution in [2.24, 2.45) is 5.92 Å². The minimum atomic E-state index is -0.0175. The first kappa shape index (κ1) is 17.3. The molecule has 1 aliphatic rings. The monoisotopic (exact) mass is 362 g/mol. The fourth-order valence-electron chi connectivity index (χ4n) is 2.83. The standard InChI is InChI=1S/C18H22N2O2S2/c1-23-12-17-20-15(11-24-17)6-8-19-18(21)14-7-9-22-16-5-3-2-4-13(16)10-14/h2-5,11,14H,6-10,12H2,1H3,(H,19,21). The maximum atomic E-state index is 12.5. The first-order valence-corrected chi connectivity index (χ1v) is 10.4. The lowest BCUT2D eigenvalue weighted by atomic mass is 9.96. The minimum absolute atomic E-state index is 0.0175. The summed E-state index contributed by atoms with van der Waals surface area (Å²) in [6.07, 6.45) is 4.37. The average molecular weight is 363 g/mol. The highest BCUT2D eigenvalue weighted by atomic mass is 32.2. The topological polar surface area (TPSA) is 51.2 Å². The van der Waals surface area contributed by atoms with Crippen molar-refractivity contribution >= 4 is 29.0 Å². The number of carbonyl (C=O) groups is 1. The zero-order valence-electron chi connectivity index (χ0n) is 13.8. The second-order valence-electron chi connectivity index (χ2n) is 5.85. The number of para-hydroxylation sites is 1. The molecule has 4 nitrogen and oxygen atoms in total. The molecule has 3 rings (SSSR count). The molecule has 0 saturated carbocycles. The Hall–Kier alpha value is -1.53. The molecule has 0 saturated heterocycles. The van der Waals surface area contributed by atoms with Gasteiger partial charge in [0.25, 0.3) is 0 Å². The Bertz CT molecular complexity index is 687. The van der Waals surface area contributed by atoms with Gasteiger partial charge in [-0.25, -0.2) is 4.98 Å². The fraction of sp³-hybridized carbons (Fsp3) is 0.444. The third-order valence-corrected chi connectivity index (χ3v) is 5.72. The van der Waals surface area contributed by atoms with E-state index < -0.39 is 0 Å². The lowest BCUT2D eigenvalue weighted by molar-refractivity contribution is -0.125. The molecular weight excluding hydrogens is 340 g/mol. The van der Waals surface area contributed by atoms with Crippen LogP contribution in [0.1, 0.15) is 22.7 Å². The van der Waals surface area contributed by atoms with Gasteiger partial charge in [-0.1, -0.05) is 18.2 Å². The number of benzene rings is 1. The van der Waals surface area contributed by atoms with E-state index in [-0.39, 0.29) is 11.8 Å². The summed E-state index contributed by atoms with van der Waals surface area (Å²) < 4.78 is 5.74. The van der Waals surface area contributed by atoms with Gasteiger partial charge in [0.15, 0.2) is 0 Å². The van der Waals surface area contributed by atoms with Gasteiger partial charge in [0.05, 0.1) is 12.3 Å². The smallest absolute Gasteiger partial charge is 0.223 e. The minimum Gasteiger partial charge on any atom is -0.493 e. The van der Waals surface area contributed by atoms with Crippen LogP contribution in [0.2, 0.25) is 0 Å². The van der Waals surface area contributed by atoms with E-state index in [0.717, 1.165) is 47.0 Å². The van der Waals surface area contributed by atoms with Gasteiger partial charge < -0.3 is 10.1 Å². The van der Waals surface area contributed by atoms with Crippen LogP contribution < -0.4 is 10.1 Å². The number of hydrogen-bond donors (Lipinski definition) is 1. The Kier molecular flexibility index (Phi) is 6.15. The largest absolute Gasteiger partial charge is 0.493 e. The summed E-state index contributed by atoms with van der Waals surface area (Å²) in [6, 6.07) is 7.99. The maximum absolute atomic E-state index is 12.5. The normalized spacial score (nSPS) is 16.8. The summed E-state index contributed by atoms with van der Waals surface area (Å²) in [5.41, 5.74) is 2.19. The van der Waals surface area contributed by atoms with Gasteiger partial charge in [0.1, 0.15) is 10.8 Å². The van der Waals surface area contributed by atoms with Crippen LogP contribution in [0.15, 0.2) is 29.6 Å². The van der Waals surface area contributed by atoms with Gasteiger partial charge in [0, 0.05) is 30.0 Å². The Morgan fingerprint density at radius 1 is 1.46 bits per heavy atom. The number of nitrogens with zero attached hydrogens (tertiary/aromatic N) is 1. The SMILES string of the molecule is CSCc1nc(CCNC(=O)C2CCOc3ccccc3C2)cs1. The molecule has 1 aromatic heterocycles. The van der Waals surface area contributed by atoms with Crippen molar-refractivity contribution in [3.05, 3.63) is 45.9 Å². The second-order valence-corrected chi connectivity index (χ2v) is 7.66. The van der Waals surface area contributed by atoms with Gasteiger partial charge in [-0.15, -0.1) is 11.3 Å². The summed E-state index contributed by atoms with van der Waals surface area (Å²) >= 11 is 3.47. The second kappa shape index (κ2) is 8.53. The van der Waals surface area contributed by atoms with E-state index in [1.807, 2.05) is 24.3 Å². The van der Waals surface area contributed by atoms with Crippen LogP contribution in [-0.4, -0.2) is 30.3 Å². The number of nitrogens with one attached hydrogen (secondary N) is 1. The molecule has 1 unspecified atom stereocenters. The summed E-state index contributed by atoms with van der Waals surface area (Å²) in [4.78, 5) is 17.1. The number of carbonyl (C=O) groups excluding carboxylic acids is 1. The number of amides is 1. The molecule has 6 heteroatoms. The molecule has 0 aliphatic carbocycles. The van der Waals surface area contributed by atoms with Crippen molar-refractivity contribution in [2.45, 2.75) is 25.0 Å². The number of thiazole rings is 1. The van der Waals surface area contributed by atoms with Crippen LogP contribution >= 0.6 is 23.1 Å². The van der Waals surface area contributed by atoms with Gasteiger partial charge in [0.2, 0.25) is 5.91 Å². The zero-order chi connectivity index (χ0) is 16.8. The average Bonchev–Trinajstić information content (AvgIpc) is 2.91. The Morgan fingerprint density at radius 3 is 3.21 bits per heavy atom. The van der Waals surface area contributed by atoms with E-state index in [9.17, 15) is 4.79 Å². The van der Waals surface area contributed by atoms with Crippen LogP contribution in [-0.2, 0) is 23.4 Å². The highest BCUT2D eigenvalue weighted by Crippen LogP contribution is 2.26. The number of aromatic nitrogens is 1. The van der Waals surface area contributed by atoms with E-state index in [1.165, 1.54) is 0 Å². The van der Waals surface area contributed by atoms with E-state index in [4.69, 9.17) is 4.74 Å². The molecule has 0 radical (unpaired) electrons. The Morgan fingerprint density at radius 2 is 2.33 bits per heavy atom. The molecule has 1 atom stereocenters. The molecule has 1 aromatic carbocycles. The summed E-state index contributed by atoms with van der Waals surface area (Å²) in [5.74, 6) is 1.97. The number of rotatable bonds is 6. The first-order valence-electron chi connectivity index (χ1n) is 8.17. The predicted octanol–water partition coefficient (Wildman–Crippen LogP) is 3.31. The molecule has 2 aromatic rings. The lowest BCUT2D eigenvalue weighted by Gasteiger charge is -2.13. The van der Waals surface area contributed by atoms with E-state index in [0.29, 0.717) is 13.2 Å². The van der Waals surface area contributed by atoms with Crippen molar-refractivity contribution < 1.29 is 9.53 Å². The zero-order valence-corrected chi connectivity index (χ0v) is 15.4. The third kappa shape index (κ3) is 4.51. The lowest BCUT2D eigenvalue weighted by Crippen LogP contribution is -2.33. The molecule has 0 spiro atoms. The summed E-state index contributed by atoms with van der Waals surface area (Å²) in [7, 11) is 0. The molecule has 0 bridgehead atoms. The molecule has 1 aliphatic heterocycles. The highest BCUT2D eigenvalue weighted by Gasteiger charge is 2.23. The van der Waals surface area contributed by atoms with Crippen molar-refractivity contribution in [3.8, 4) is 5.75 Å².